The normalized spacial score (nSPS) is 10.4. The minimum atomic E-state index is -0.526. The van der Waals surface area contributed by atoms with Crippen molar-refractivity contribution in [3.8, 4) is 5.75 Å². The number of esters is 1. The Labute approximate surface area is 164 Å². The van der Waals surface area contributed by atoms with Crippen LogP contribution in [0.15, 0.2) is 35.0 Å². The van der Waals surface area contributed by atoms with Gasteiger partial charge in [-0.2, -0.15) is 0 Å². The number of rotatable bonds is 7. The molecule has 0 fully saturated rings. The van der Waals surface area contributed by atoms with E-state index in [0.717, 1.165) is 11.3 Å². The van der Waals surface area contributed by atoms with Crippen LogP contribution in [0.4, 0.5) is 5.13 Å². The highest BCUT2D eigenvalue weighted by atomic mass is 32.1. The quantitative estimate of drug-likeness (QED) is 0.604. The number of carbonyl (C=O) groups excluding carboxylic acids is 2. The zero-order chi connectivity index (χ0) is 19.2. The fraction of sp³-hybridized carbons (Fsp3) is 0.222. The fourth-order valence-electron chi connectivity index (χ4n) is 2.05. The molecule has 0 aliphatic carbocycles. The molecule has 0 aliphatic heterocycles. The van der Waals surface area contributed by atoms with Gasteiger partial charge in [0.25, 0.3) is 0 Å². The van der Waals surface area contributed by atoms with Gasteiger partial charge in [-0.25, -0.2) is 14.8 Å². The summed E-state index contributed by atoms with van der Waals surface area (Å²) in [6.07, 6.45) is 0. The van der Waals surface area contributed by atoms with Gasteiger partial charge in [0.1, 0.15) is 24.0 Å². The van der Waals surface area contributed by atoms with Gasteiger partial charge in [-0.05, 0) is 19.1 Å². The summed E-state index contributed by atoms with van der Waals surface area (Å²) in [5.74, 6) is 0.0242. The zero-order valence-corrected chi connectivity index (χ0v) is 16.4. The Balaban J connectivity index is 1.49. The van der Waals surface area contributed by atoms with Crippen LogP contribution in [0.3, 0.4) is 0 Å². The predicted octanol–water partition coefficient (Wildman–Crippen LogP) is 3.80. The molecule has 0 atom stereocenters. The number of anilines is 1. The first-order valence-electron chi connectivity index (χ1n) is 8.02. The highest BCUT2D eigenvalue weighted by Gasteiger charge is 2.14. The molecular weight excluding hydrogens is 386 g/mol. The Hall–Kier alpha value is -2.78. The molecule has 3 aromatic rings. The second-order valence-corrected chi connectivity index (χ2v) is 7.43. The summed E-state index contributed by atoms with van der Waals surface area (Å²) >= 11 is 2.61. The molecule has 1 amide bonds. The number of nitrogens with one attached hydrogen (secondary N) is 1. The smallest absolute Gasteiger partial charge is 0.358 e. The summed E-state index contributed by atoms with van der Waals surface area (Å²) in [7, 11) is 0. The largest absolute Gasteiger partial charge is 0.486 e. The van der Waals surface area contributed by atoms with Gasteiger partial charge in [-0.3, -0.25) is 4.79 Å². The monoisotopic (exact) mass is 403 g/mol. The van der Waals surface area contributed by atoms with Crippen LogP contribution in [0.25, 0.3) is 0 Å². The molecule has 0 saturated heterocycles. The van der Waals surface area contributed by atoms with E-state index >= 15 is 0 Å². The van der Waals surface area contributed by atoms with Crippen molar-refractivity contribution < 1.29 is 19.1 Å². The predicted molar refractivity (Wildman–Crippen MR) is 103 cm³/mol. The molecule has 2 aromatic heterocycles. The first-order valence-corrected chi connectivity index (χ1v) is 9.78. The van der Waals surface area contributed by atoms with Crippen LogP contribution in [0.1, 0.15) is 33.7 Å². The zero-order valence-electron chi connectivity index (χ0n) is 14.7. The molecule has 0 saturated carbocycles. The van der Waals surface area contributed by atoms with Crippen LogP contribution in [0, 0.1) is 6.92 Å². The molecule has 0 spiro atoms. The van der Waals surface area contributed by atoms with Crippen LogP contribution in [-0.2, 0) is 22.7 Å². The maximum absolute atomic E-state index is 12.1. The molecule has 9 heteroatoms. The minimum Gasteiger partial charge on any atom is -0.486 e. The highest BCUT2D eigenvalue weighted by Crippen LogP contribution is 2.18. The van der Waals surface area contributed by atoms with Crippen LogP contribution in [0.5, 0.6) is 5.75 Å². The molecule has 1 aromatic carbocycles. The van der Waals surface area contributed by atoms with Gasteiger partial charge in [0.05, 0.1) is 5.69 Å². The average molecular weight is 403 g/mol. The third-order valence-electron chi connectivity index (χ3n) is 3.33. The van der Waals surface area contributed by atoms with E-state index in [1.54, 1.807) is 10.8 Å². The van der Waals surface area contributed by atoms with E-state index in [1.807, 2.05) is 31.2 Å². The summed E-state index contributed by atoms with van der Waals surface area (Å²) in [5.41, 5.74) is 1.96. The second-order valence-electron chi connectivity index (χ2n) is 5.63. The number of aryl methyl sites for hydroxylation is 1. The molecule has 3 rings (SSSR count). The summed E-state index contributed by atoms with van der Waals surface area (Å²) < 4.78 is 10.9. The van der Waals surface area contributed by atoms with Crippen molar-refractivity contribution in [3.63, 3.8) is 0 Å². The lowest BCUT2D eigenvalue weighted by atomic mass is 10.2. The number of benzene rings is 1. The number of hydrogen-bond acceptors (Lipinski definition) is 8. The standard InChI is InChI=1S/C18H17N3O4S2/c1-11-3-5-14(6-4-11)24-8-16-21-15(10-26-16)17(23)25-7-13-9-27-18(20-13)19-12(2)22/h3-6,9-10H,7-8H2,1-2H3,(H,19,20,22). The number of aromatic nitrogens is 2. The Morgan fingerprint density at radius 2 is 1.85 bits per heavy atom. The highest BCUT2D eigenvalue weighted by molar-refractivity contribution is 7.13. The Morgan fingerprint density at radius 3 is 2.59 bits per heavy atom. The third kappa shape index (κ3) is 5.60. The number of carbonyl (C=O) groups is 2. The van der Waals surface area contributed by atoms with Crippen LogP contribution in [-0.4, -0.2) is 21.8 Å². The van der Waals surface area contributed by atoms with E-state index in [1.165, 1.54) is 29.6 Å². The maximum atomic E-state index is 12.1. The number of nitrogens with zero attached hydrogens (tertiary/aromatic N) is 2. The average Bonchev–Trinajstić information content (AvgIpc) is 3.28. The molecule has 7 nitrogen and oxygen atoms in total. The molecule has 0 unspecified atom stereocenters. The second kappa shape index (κ2) is 8.74. The van der Waals surface area contributed by atoms with E-state index in [0.29, 0.717) is 15.8 Å². The first-order chi connectivity index (χ1) is 13.0. The van der Waals surface area contributed by atoms with Crippen molar-refractivity contribution in [3.05, 3.63) is 57.0 Å². The molecule has 2 heterocycles. The Bertz CT molecular complexity index is 934. The molecule has 0 bridgehead atoms. The van der Waals surface area contributed by atoms with Gasteiger partial charge >= 0.3 is 5.97 Å². The molecule has 27 heavy (non-hydrogen) atoms. The summed E-state index contributed by atoms with van der Waals surface area (Å²) in [6.45, 7) is 3.72. The Morgan fingerprint density at radius 1 is 1.07 bits per heavy atom. The summed E-state index contributed by atoms with van der Waals surface area (Å²) in [4.78, 5) is 31.5. The number of thiazole rings is 2. The van der Waals surface area contributed by atoms with Crippen molar-refractivity contribution in [2.75, 3.05) is 5.32 Å². The van der Waals surface area contributed by atoms with E-state index in [2.05, 4.69) is 15.3 Å². The van der Waals surface area contributed by atoms with Gasteiger partial charge in [-0.1, -0.05) is 17.7 Å². The van der Waals surface area contributed by atoms with Gasteiger partial charge in [0.15, 0.2) is 10.8 Å². The van der Waals surface area contributed by atoms with Gasteiger partial charge in [0, 0.05) is 17.7 Å². The lowest BCUT2D eigenvalue weighted by Gasteiger charge is -2.04. The van der Waals surface area contributed by atoms with Crippen LogP contribution >= 0.6 is 22.7 Å². The van der Waals surface area contributed by atoms with Gasteiger partial charge in [0.2, 0.25) is 5.91 Å². The summed E-state index contributed by atoms with van der Waals surface area (Å²) in [6, 6.07) is 7.72. The van der Waals surface area contributed by atoms with Gasteiger partial charge < -0.3 is 14.8 Å². The third-order valence-corrected chi connectivity index (χ3v) is 4.96. The van der Waals surface area contributed by atoms with Crippen molar-refractivity contribution in [2.24, 2.45) is 0 Å². The van der Waals surface area contributed by atoms with Crippen LogP contribution < -0.4 is 10.1 Å². The molecular formula is C18H17N3O4S2. The SMILES string of the molecule is CC(=O)Nc1nc(COC(=O)c2csc(COc3ccc(C)cc3)n2)cs1. The van der Waals surface area contributed by atoms with Crippen molar-refractivity contribution in [2.45, 2.75) is 27.1 Å². The van der Waals surface area contributed by atoms with E-state index in [4.69, 9.17) is 9.47 Å². The lowest BCUT2D eigenvalue weighted by molar-refractivity contribution is -0.114. The van der Waals surface area contributed by atoms with E-state index in [-0.39, 0.29) is 24.8 Å². The van der Waals surface area contributed by atoms with E-state index in [9.17, 15) is 9.59 Å². The number of hydrogen-bond donors (Lipinski definition) is 1. The maximum Gasteiger partial charge on any atom is 0.358 e. The molecule has 140 valence electrons. The van der Waals surface area contributed by atoms with Crippen molar-refractivity contribution >= 4 is 39.7 Å². The molecule has 1 N–H and O–H groups in total. The number of amides is 1. The Kier molecular flexibility index (Phi) is 6.15. The van der Waals surface area contributed by atoms with Gasteiger partial charge in [-0.15, -0.1) is 22.7 Å². The van der Waals surface area contributed by atoms with Crippen LogP contribution in [0.2, 0.25) is 0 Å². The van der Waals surface area contributed by atoms with Crippen molar-refractivity contribution in [1.82, 2.24) is 9.97 Å². The molecule has 0 aliphatic rings. The fourth-order valence-corrected chi connectivity index (χ4v) is 3.46. The molecule has 0 radical (unpaired) electrons. The van der Waals surface area contributed by atoms with E-state index < -0.39 is 5.97 Å². The van der Waals surface area contributed by atoms with Crippen molar-refractivity contribution in [1.29, 1.82) is 0 Å². The summed E-state index contributed by atoms with van der Waals surface area (Å²) in [5, 5.41) is 7.10. The first kappa shape index (κ1) is 19.0. The number of ether oxygens (including phenoxy) is 2. The lowest BCUT2D eigenvalue weighted by Crippen LogP contribution is -2.07. The minimum absolute atomic E-state index is 0.0155. The topological polar surface area (TPSA) is 90.4 Å².